The monoisotopic (exact) mass is 561 g/mol. The molecule has 214 valence electrons. The second-order valence-electron chi connectivity index (χ2n) is 10.3. The number of hydrogen-bond acceptors (Lipinski definition) is 6. The minimum atomic E-state index is -0.263. The molecule has 0 fully saturated rings. The molecule has 0 aliphatic heterocycles. The first-order valence-corrected chi connectivity index (χ1v) is 14.1. The first-order chi connectivity index (χ1) is 20.4. The summed E-state index contributed by atoms with van der Waals surface area (Å²) in [6.45, 7) is 9.13. The van der Waals surface area contributed by atoms with Crippen molar-refractivity contribution in [3.05, 3.63) is 118 Å². The van der Waals surface area contributed by atoms with Gasteiger partial charge in [0.25, 0.3) is 5.56 Å². The second kappa shape index (κ2) is 12.7. The first-order valence-electron chi connectivity index (χ1n) is 14.1. The van der Waals surface area contributed by atoms with Crippen molar-refractivity contribution in [3.63, 3.8) is 0 Å². The van der Waals surface area contributed by atoms with E-state index in [0.717, 1.165) is 28.0 Å². The predicted molar refractivity (Wildman–Crippen MR) is 168 cm³/mol. The Morgan fingerprint density at radius 1 is 0.929 bits per heavy atom. The van der Waals surface area contributed by atoms with Crippen molar-refractivity contribution in [2.75, 3.05) is 13.7 Å². The number of aromatic nitrogens is 2. The van der Waals surface area contributed by atoms with Gasteiger partial charge in [0.2, 0.25) is 0 Å². The van der Waals surface area contributed by atoms with Crippen LogP contribution in [0.4, 0.5) is 0 Å². The van der Waals surface area contributed by atoms with Crippen molar-refractivity contribution in [2.24, 2.45) is 5.10 Å². The molecule has 7 heteroatoms. The number of para-hydroxylation sites is 2. The van der Waals surface area contributed by atoms with Gasteiger partial charge in [0, 0.05) is 11.1 Å². The van der Waals surface area contributed by atoms with E-state index in [1.54, 1.807) is 19.4 Å². The van der Waals surface area contributed by atoms with Crippen LogP contribution in [0.5, 0.6) is 17.2 Å². The third-order valence-corrected chi connectivity index (χ3v) is 7.04. The van der Waals surface area contributed by atoms with Crippen LogP contribution in [0.3, 0.4) is 0 Å². The average molecular weight is 562 g/mol. The Bertz CT molecular complexity index is 1790. The number of aryl methyl sites for hydroxylation is 1. The lowest BCUT2D eigenvalue weighted by Gasteiger charge is -2.18. The Hall–Kier alpha value is -4.91. The molecule has 0 saturated heterocycles. The van der Waals surface area contributed by atoms with Gasteiger partial charge in [-0.1, -0.05) is 62.4 Å². The van der Waals surface area contributed by atoms with Gasteiger partial charge in [-0.25, -0.2) is 4.98 Å². The summed E-state index contributed by atoms with van der Waals surface area (Å²) in [7, 11) is 1.60. The van der Waals surface area contributed by atoms with E-state index in [1.165, 1.54) is 4.68 Å². The zero-order valence-electron chi connectivity index (χ0n) is 24.6. The van der Waals surface area contributed by atoms with E-state index in [4.69, 9.17) is 24.3 Å². The summed E-state index contributed by atoms with van der Waals surface area (Å²) >= 11 is 0. The summed E-state index contributed by atoms with van der Waals surface area (Å²) < 4.78 is 19.1. The van der Waals surface area contributed by atoms with Crippen LogP contribution in [-0.2, 0) is 6.61 Å². The summed E-state index contributed by atoms with van der Waals surface area (Å²) in [4.78, 5) is 18.8. The summed E-state index contributed by atoms with van der Waals surface area (Å²) in [5, 5.41) is 5.20. The van der Waals surface area contributed by atoms with E-state index in [1.807, 2.05) is 86.6 Å². The number of ether oxygens (including phenoxy) is 3. The third kappa shape index (κ3) is 5.91. The molecule has 0 saturated carbocycles. The number of fused-ring (bicyclic) bond motifs is 1. The lowest BCUT2D eigenvalue weighted by molar-refractivity contribution is 0.284. The SMILES string of the molecule is CCOc1cc(C)c(-c2nc3ccccc3c(=O)n2N=Cc2cccc(OC)c2OCc2ccccc2)cc1C(C)C. The first kappa shape index (κ1) is 28.6. The van der Waals surface area contributed by atoms with Gasteiger partial charge in [-0.2, -0.15) is 9.78 Å². The number of benzene rings is 4. The third-order valence-electron chi connectivity index (χ3n) is 7.04. The Balaban J connectivity index is 1.66. The van der Waals surface area contributed by atoms with Gasteiger partial charge in [-0.3, -0.25) is 4.79 Å². The van der Waals surface area contributed by atoms with Crippen molar-refractivity contribution < 1.29 is 14.2 Å². The zero-order valence-corrected chi connectivity index (χ0v) is 24.6. The van der Waals surface area contributed by atoms with E-state index >= 15 is 0 Å². The molecule has 0 spiro atoms. The number of nitrogens with zero attached hydrogens (tertiary/aromatic N) is 3. The van der Waals surface area contributed by atoms with E-state index in [2.05, 4.69) is 19.9 Å². The van der Waals surface area contributed by atoms with Crippen LogP contribution in [0.15, 0.2) is 94.8 Å². The summed E-state index contributed by atoms with van der Waals surface area (Å²) in [6.07, 6.45) is 1.62. The largest absolute Gasteiger partial charge is 0.494 e. The predicted octanol–water partition coefficient (Wildman–Crippen LogP) is 7.36. The molecule has 1 aromatic heterocycles. The van der Waals surface area contributed by atoms with Gasteiger partial charge in [-0.15, -0.1) is 0 Å². The maximum absolute atomic E-state index is 13.9. The fraction of sp³-hybridized carbons (Fsp3) is 0.229. The maximum atomic E-state index is 13.9. The number of hydrogen-bond donors (Lipinski definition) is 0. The van der Waals surface area contributed by atoms with Crippen molar-refractivity contribution in [3.8, 4) is 28.6 Å². The molecule has 0 amide bonds. The molecule has 0 radical (unpaired) electrons. The van der Waals surface area contributed by atoms with Crippen LogP contribution in [0, 0.1) is 6.92 Å². The van der Waals surface area contributed by atoms with Crippen LogP contribution < -0.4 is 19.8 Å². The van der Waals surface area contributed by atoms with E-state index in [-0.39, 0.29) is 11.5 Å². The molecule has 0 atom stereocenters. The van der Waals surface area contributed by atoms with Crippen molar-refractivity contribution in [2.45, 2.75) is 40.2 Å². The van der Waals surface area contributed by atoms with E-state index in [9.17, 15) is 4.79 Å². The average Bonchev–Trinajstić information content (AvgIpc) is 3.00. The molecule has 5 aromatic rings. The molecule has 5 rings (SSSR count). The normalized spacial score (nSPS) is 11.4. The van der Waals surface area contributed by atoms with E-state index < -0.39 is 0 Å². The molecule has 1 heterocycles. The Morgan fingerprint density at radius 3 is 2.43 bits per heavy atom. The molecule has 7 nitrogen and oxygen atoms in total. The van der Waals surface area contributed by atoms with Gasteiger partial charge in [0.15, 0.2) is 17.3 Å². The van der Waals surface area contributed by atoms with Gasteiger partial charge in [0.05, 0.1) is 30.8 Å². The molecule has 0 bridgehead atoms. The van der Waals surface area contributed by atoms with E-state index in [0.29, 0.717) is 47.0 Å². The Kier molecular flexibility index (Phi) is 8.67. The van der Waals surface area contributed by atoms with Gasteiger partial charge in [-0.05, 0) is 72.9 Å². The maximum Gasteiger partial charge on any atom is 0.282 e. The molecule has 0 aliphatic rings. The van der Waals surface area contributed by atoms with Gasteiger partial charge < -0.3 is 14.2 Å². The standard InChI is InChI=1S/C35H35N3O4/c1-6-41-32-19-24(4)29(20-28(32)23(2)3)34-37-30-17-11-10-16-27(30)35(39)38(34)36-21-26-15-12-18-31(40-5)33(26)42-22-25-13-8-7-9-14-25/h7-21,23H,6,22H2,1-5H3. The lowest BCUT2D eigenvalue weighted by Crippen LogP contribution is -2.21. The number of methoxy groups -OCH3 is 1. The molecule has 0 N–H and O–H groups in total. The summed E-state index contributed by atoms with van der Waals surface area (Å²) in [5.74, 6) is 2.60. The minimum absolute atomic E-state index is 0.205. The Labute approximate surface area is 246 Å². The number of rotatable bonds is 10. The molecular formula is C35H35N3O4. The highest BCUT2D eigenvalue weighted by Gasteiger charge is 2.19. The fourth-order valence-electron chi connectivity index (χ4n) is 4.88. The minimum Gasteiger partial charge on any atom is -0.494 e. The zero-order chi connectivity index (χ0) is 29.6. The highest BCUT2D eigenvalue weighted by atomic mass is 16.5. The topological polar surface area (TPSA) is 74.9 Å². The van der Waals surface area contributed by atoms with Crippen LogP contribution in [0.1, 0.15) is 48.9 Å². The molecule has 0 unspecified atom stereocenters. The summed E-state index contributed by atoms with van der Waals surface area (Å²) in [6, 6.07) is 26.9. The molecule has 4 aromatic carbocycles. The van der Waals surface area contributed by atoms with Crippen LogP contribution >= 0.6 is 0 Å². The summed E-state index contributed by atoms with van der Waals surface area (Å²) in [5.41, 5.74) is 4.82. The molecule has 42 heavy (non-hydrogen) atoms. The highest BCUT2D eigenvalue weighted by molar-refractivity contribution is 5.86. The Morgan fingerprint density at radius 2 is 1.69 bits per heavy atom. The smallest absolute Gasteiger partial charge is 0.282 e. The molecular weight excluding hydrogens is 526 g/mol. The van der Waals surface area contributed by atoms with Gasteiger partial charge in [0.1, 0.15) is 12.4 Å². The van der Waals surface area contributed by atoms with Crippen molar-refractivity contribution in [1.82, 2.24) is 9.66 Å². The fourth-order valence-corrected chi connectivity index (χ4v) is 4.88. The van der Waals surface area contributed by atoms with Crippen molar-refractivity contribution >= 4 is 17.1 Å². The van der Waals surface area contributed by atoms with Crippen LogP contribution in [0.25, 0.3) is 22.3 Å². The second-order valence-corrected chi connectivity index (χ2v) is 10.3. The highest BCUT2D eigenvalue weighted by Crippen LogP contribution is 2.35. The quantitative estimate of drug-likeness (QED) is 0.167. The van der Waals surface area contributed by atoms with Crippen LogP contribution in [0.2, 0.25) is 0 Å². The molecule has 0 aliphatic carbocycles. The van der Waals surface area contributed by atoms with Crippen LogP contribution in [-0.4, -0.2) is 29.6 Å². The van der Waals surface area contributed by atoms with Gasteiger partial charge >= 0.3 is 0 Å². The lowest BCUT2D eigenvalue weighted by atomic mass is 9.96. The van der Waals surface area contributed by atoms with Crippen molar-refractivity contribution in [1.29, 1.82) is 0 Å².